The second-order valence-electron chi connectivity index (χ2n) is 5.81. The molecule has 2 aliphatic rings. The van der Waals surface area contributed by atoms with Crippen LogP contribution in [0.1, 0.15) is 50.2 Å². The van der Waals surface area contributed by atoms with Crippen molar-refractivity contribution in [1.82, 2.24) is 20.4 Å². The molecule has 1 N–H and O–H groups in total. The molecule has 1 saturated heterocycles. The van der Waals surface area contributed by atoms with Gasteiger partial charge < -0.3 is 14.7 Å². The summed E-state index contributed by atoms with van der Waals surface area (Å²) in [6.45, 7) is 4.68. The van der Waals surface area contributed by atoms with E-state index in [1.165, 1.54) is 12.8 Å². The number of nitrogens with one attached hydrogen (secondary N) is 1. The van der Waals surface area contributed by atoms with Crippen LogP contribution < -0.4 is 5.32 Å². The first-order valence-corrected chi connectivity index (χ1v) is 7.56. The summed E-state index contributed by atoms with van der Waals surface area (Å²) < 4.78 is 5.22. The second kappa shape index (κ2) is 7.22. The molecule has 7 heteroatoms. The van der Waals surface area contributed by atoms with E-state index < -0.39 is 0 Å². The number of carbonyl (C=O) groups is 1. The van der Waals surface area contributed by atoms with Crippen molar-refractivity contribution >= 4 is 18.3 Å². The molecule has 0 radical (unpaired) electrons. The lowest BCUT2D eigenvalue weighted by atomic mass is 10.1. The first-order valence-electron chi connectivity index (χ1n) is 7.56. The van der Waals surface area contributed by atoms with Gasteiger partial charge in [-0.1, -0.05) is 5.16 Å². The molecule has 2 fully saturated rings. The maximum absolute atomic E-state index is 12.2. The standard InChI is InChI=1S/C14H22N4O2.ClH/c1-10-9-15-7-8-18(10)13(19)4-2-3-12-16-14(17-20-12)11-5-6-11;/h10-11,15H,2-9H2,1H3;1H. The lowest BCUT2D eigenvalue weighted by molar-refractivity contribution is -0.134. The van der Waals surface area contributed by atoms with E-state index in [-0.39, 0.29) is 18.3 Å². The third-order valence-electron chi connectivity index (χ3n) is 4.03. The molecule has 1 saturated carbocycles. The number of piperazine rings is 1. The molecule has 2 heterocycles. The lowest BCUT2D eigenvalue weighted by Crippen LogP contribution is -2.52. The summed E-state index contributed by atoms with van der Waals surface area (Å²) in [7, 11) is 0. The summed E-state index contributed by atoms with van der Waals surface area (Å²) in [4.78, 5) is 18.5. The first kappa shape index (κ1) is 16.2. The van der Waals surface area contributed by atoms with Crippen molar-refractivity contribution in [3.8, 4) is 0 Å². The van der Waals surface area contributed by atoms with Crippen LogP contribution in [0.2, 0.25) is 0 Å². The van der Waals surface area contributed by atoms with Gasteiger partial charge in [-0.3, -0.25) is 4.79 Å². The topological polar surface area (TPSA) is 71.3 Å². The number of rotatable bonds is 5. The molecular weight excluding hydrogens is 292 g/mol. The van der Waals surface area contributed by atoms with E-state index in [4.69, 9.17) is 4.52 Å². The SMILES string of the molecule is CC1CNCCN1C(=O)CCCc1nc(C2CC2)no1.Cl. The van der Waals surface area contributed by atoms with Gasteiger partial charge in [-0.05, 0) is 26.2 Å². The molecule has 0 spiro atoms. The van der Waals surface area contributed by atoms with Gasteiger partial charge >= 0.3 is 0 Å². The van der Waals surface area contributed by atoms with Crippen molar-refractivity contribution in [2.45, 2.75) is 51.0 Å². The van der Waals surface area contributed by atoms with Gasteiger partial charge in [-0.25, -0.2) is 0 Å². The number of hydrogen-bond donors (Lipinski definition) is 1. The molecule has 1 aliphatic carbocycles. The largest absolute Gasteiger partial charge is 0.339 e. The monoisotopic (exact) mass is 314 g/mol. The summed E-state index contributed by atoms with van der Waals surface area (Å²) >= 11 is 0. The number of halogens is 1. The molecule has 3 rings (SSSR count). The Morgan fingerprint density at radius 1 is 1.48 bits per heavy atom. The quantitative estimate of drug-likeness (QED) is 0.892. The zero-order valence-corrected chi connectivity index (χ0v) is 13.2. The third kappa shape index (κ3) is 4.17. The van der Waals surface area contributed by atoms with E-state index in [0.29, 0.717) is 30.7 Å². The van der Waals surface area contributed by atoms with Crippen molar-refractivity contribution in [1.29, 1.82) is 0 Å². The molecule has 118 valence electrons. The third-order valence-corrected chi connectivity index (χ3v) is 4.03. The molecule has 1 atom stereocenters. The molecular formula is C14H23ClN4O2. The predicted molar refractivity (Wildman–Crippen MR) is 80.5 cm³/mol. The van der Waals surface area contributed by atoms with Crippen LogP contribution in [0.5, 0.6) is 0 Å². The second-order valence-corrected chi connectivity index (χ2v) is 5.81. The number of amides is 1. The molecule has 1 amide bonds. The number of carbonyl (C=O) groups excluding carboxylic acids is 1. The Kier molecular flexibility index (Phi) is 5.58. The fourth-order valence-corrected chi connectivity index (χ4v) is 2.62. The Labute approximate surface area is 131 Å². The van der Waals surface area contributed by atoms with Crippen LogP contribution in [-0.4, -0.2) is 46.6 Å². The van der Waals surface area contributed by atoms with E-state index in [1.54, 1.807) is 0 Å². The Bertz CT molecular complexity index is 475. The van der Waals surface area contributed by atoms with Crippen LogP contribution >= 0.6 is 12.4 Å². The van der Waals surface area contributed by atoms with Gasteiger partial charge in [0.05, 0.1) is 0 Å². The van der Waals surface area contributed by atoms with Crippen LogP contribution in [0, 0.1) is 0 Å². The van der Waals surface area contributed by atoms with Crippen molar-refractivity contribution in [3.63, 3.8) is 0 Å². The lowest BCUT2D eigenvalue weighted by Gasteiger charge is -2.34. The van der Waals surface area contributed by atoms with E-state index >= 15 is 0 Å². The minimum absolute atomic E-state index is 0. The molecule has 1 aliphatic heterocycles. The zero-order chi connectivity index (χ0) is 13.9. The smallest absolute Gasteiger partial charge is 0.226 e. The van der Waals surface area contributed by atoms with Gasteiger partial charge in [0.1, 0.15) is 0 Å². The summed E-state index contributed by atoms with van der Waals surface area (Å²) in [6.07, 6.45) is 4.40. The van der Waals surface area contributed by atoms with Gasteiger partial charge in [0, 0.05) is 44.4 Å². The Balaban J connectivity index is 0.00000161. The van der Waals surface area contributed by atoms with Gasteiger partial charge in [0.15, 0.2) is 5.82 Å². The molecule has 0 aromatic carbocycles. The predicted octanol–water partition coefficient (Wildman–Crippen LogP) is 1.51. The maximum atomic E-state index is 12.2. The summed E-state index contributed by atoms with van der Waals surface area (Å²) in [6, 6.07) is 0.293. The average Bonchev–Trinajstić information content (AvgIpc) is 3.19. The number of nitrogens with zero attached hydrogens (tertiary/aromatic N) is 3. The first-order chi connectivity index (χ1) is 9.74. The Morgan fingerprint density at radius 2 is 2.29 bits per heavy atom. The molecule has 0 bridgehead atoms. The van der Waals surface area contributed by atoms with Gasteiger partial charge in [-0.15, -0.1) is 12.4 Å². The summed E-state index contributed by atoms with van der Waals surface area (Å²) in [5.41, 5.74) is 0. The highest BCUT2D eigenvalue weighted by Crippen LogP contribution is 2.38. The van der Waals surface area contributed by atoms with Crippen LogP contribution in [0.15, 0.2) is 4.52 Å². The average molecular weight is 315 g/mol. The number of aryl methyl sites for hydroxylation is 1. The molecule has 1 unspecified atom stereocenters. The molecule has 6 nitrogen and oxygen atoms in total. The minimum Gasteiger partial charge on any atom is -0.339 e. The highest BCUT2D eigenvalue weighted by molar-refractivity contribution is 5.85. The summed E-state index contributed by atoms with van der Waals surface area (Å²) in [5, 5.41) is 7.28. The summed E-state index contributed by atoms with van der Waals surface area (Å²) in [5.74, 6) is 2.28. The molecule has 1 aromatic rings. The number of aromatic nitrogens is 2. The highest BCUT2D eigenvalue weighted by atomic mass is 35.5. The fraction of sp³-hybridized carbons (Fsp3) is 0.786. The minimum atomic E-state index is 0. The van der Waals surface area contributed by atoms with Crippen molar-refractivity contribution in [2.24, 2.45) is 0 Å². The van der Waals surface area contributed by atoms with Crippen LogP contribution in [0.25, 0.3) is 0 Å². The van der Waals surface area contributed by atoms with Gasteiger partial charge in [0.25, 0.3) is 0 Å². The number of hydrogen-bond acceptors (Lipinski definition) is 5. The van der Waals surface area contributed by atoms with E-state index in [9.17, 15) is 4.79 Å². The van der Waals surface area contributed by atoms with Gasteiger partial charge in [0.2, 0.25) is 11.8 Å². The Hall–Kier alpha value is -1.14. The Morgan fingerprint density at radius 3 is 3.00 bits per heavy atom. The van der Waals surface area contributed by atoms with Crippen molar-refractivity contribution < 1.29 is 9.32 Å². The molecule has 21 heavy (non-hydrogen) atoms. The van der Waals surface area contributed by atoms with Crippen molar-refractivity contribution in [3.05, 3.63) is 11.7 Å². The van der Waals surface area contributed by atoms with Crippen molar-refractivity contribution in [2.75, 3.05) is 19.6 Å². The maximum Gasteiger partial charge on any atom is 0.226 e. The van der Waals surface area contributed by atoms with E-state index in [0.717, 1.165) is 31.9 Å². The normalized spacial score (nSPS) is 22.0. The highest BCUT2D eigenvalue weighted by Gasteiger charge is 2.28. The van der Waals surface area contributed by atoms with Gasteiger partial charge in [-0.2, -0.15) is 4.98 Å². The van der Waals surface area contributed by atoms with Crippen LogP contribution in [-0.2, 0) is 11.2 Å². The van der Waals surface area contributed by atoms with E-state index in [2.05, 4.69) is 22.4 Å². The van der Waals surface area contributed by atoms with Crippen LogP contribution in [0.4, 0.5) is 0 Å². The van der Waals surface area contributed by atoms with Crippen LogP contribution in [0.3, 0.4) is 0 Å². The van der Waals surface area contributed by atoms with E-state index in [1.807, 2.05) is 4.90 Å². The zero-order valence-electron chi connectivity index (χ0n) is 12.4. The molecule has 1 aromatic heterocycles. The fourth-order valence-electron chi connectivity index (χ4n) is 2.62.